The fourth-order valence-electron chi connectivity index (χ4n) is 3.05. The van der Waals surface area contributed by atoms with Crippen molar-refractivity contribution < 1.29 is 14.3 Å². The molecule has 5 heteroatoms. The zero-order valence-electron chi connectivity index (χ0n) is 14.2. The molecular weight excluding hydrogens is 292 g/mol. The first kappa shape index (κ1) is 17.5. The average molecular weight is 318 g/mol. The van der Waals surface area contributed by atoms with Gasteiger partial charge in [-0.2, -0.15) is 0 Å². The molecule has 1 aromatic carbocycles. The summed E-state index contributed by atoms with van der Waals surface area (Å²) in [6, 6.07) is 5.95. The second kappa shape index (κ2) is 8.11. The highest BCUT2D eigenvalue weighted by Gasteiger charge is 2.27. The van der Waals surface area contributed by atoms with Gasteiger partial charge in [0.05, 0.1) is 19.1 Å². The molecule has 0 unspecified atom stereocenters. The second-order valence-corrected chi connectivity index (χ2v) is 6.14. The summed E-state index contributed by atoms with van der Waals surface area (Å²) >= 11 is 0. The summed E-state index contributed by atoms with van der Waals surface area (Å²) < 4.78 is 5.10. The molecule has 23 heavy (non-hydrogen) atoms. The highest BCUT2D eigenvalue weighted by molar-refractivity contribution is 5.93. The number of likely N-dealkylation sites (tertiary alicyclic amines) is 1. The van der Waals surface area contributed by atoms with Gasteiger partial charge in [0.2, 0.25) is 5.91 Å². The first-order valence-corrected chi connectivity index (χ1v) is 8.26. The molecule has 1 N–H and O–H groups in total. The zero-order valence-corrected chi connectivity index (χ0v) is 14.2. The molecule has 5 nitrogen and oxygen atoms in total. The molecule has 2 rings (SSSR count). The van der Waals surface area contributed by atoms with Crippen molar-refractivity contribution in [3.05, 3.63) is 29.3 Å². The summed E-state index contributed by atoms with van der Waals surface area (Å²) in [5, 5.41) is 3.00. The molecule has 0 radical (unpaired) electrons. The van der Waals surface area contributed by atoms with Gasteiger partial charge in [-0.25, -0.2) is 0 Å². The van der Waals surface area contributed by atoms with Crippen molar-refractivity contribution in [1.29, 1.82) is 0 Å². The lowest BCUT2D eigenvalue weighted by Gasteiger charge is -2.31. The van der Waals surface area contributed by atoms with Crippen LogP contribution in [0.1, 0.15) is 30.9 Å². The Balaban J connectivity index is 1.91. The number of amides is 1. The maximum Gasteiger partial charge on any atom is 0.310 e. The molecule has 0 aliphatic carbocycles. The predicted octanol–water partition coefficient (Wildman–Crippen LogP) is 2.52. The van der Waals surface area contributed by atoms with Crippen LogP contribution in [0.15, 0.2) is 18.2 Å². The third-order valence-corrected chi connectivity index (χ3v) is 4.24. The van der Waals surface area contributed by atoms with E-state index >= 15 is 0 Å². The van der Waals surface area contributed by atoms with Crippen LogP contribution < -0.4 is 5.32 Å². The number of piperidine rings is 1. The molecule has 1 aliphatic heterocycles. The van der Waals surface area contributed by atoms with E-state index < -0.39 is 0 Å². The lowest BCUT2D eigenvalue weighted by molar-refractivity contribution is -0.150. The number of carbonyl (C=O) groups is 2. The maximum atomic E-state index is 12.3. The third-order valence-electron chi connectivity index (χ3n) is 4.24. The summed E-state index contributed by atoms with van der Waals surface area (Å²) in [7, 11) is 0. The minimum absolute atomic E-state index is 0.0353. The zero-order chi connectivity index (χ0) is 16.8. The van der Waals surface area contributed by atoms with Crippen molar-refractivity contribution >= 4 is 17.6 Å². The number of nitrogens with zero attached hydrogens (tertiary/aromatic N) is 1. The van der Waals surface area contributed by atoms with Gasteiger partial charge in [-0.15, -0.1) is 0 Å². The Hall–Kier alpha value is -1.88. The summed E-state index contributed by atoms with van der Waals surface area (Å²) in [6.45, 7) is 7.94. The lowest BCUT2D eigenvalue weighted by atomic mass is 9.98. The van der Waals surface area contributed by atoms with Crippen molar-refractivity contribution in [1.82, 2.24) is 4.90 Å². The first-order chi connectivity index (χ1) is 11.0. The summed E-state index contributed by atoms with van der Waals surface area (Å²) in [6.07, 6.45) is 1.76. The topological polar surface area (TPSA) is 58.6 Å². The highest BCUT2D eigenvalue weighted by atomic mass is 16.5. The van der Waals surface area contributed by atoms with Crippen LogP contribution in [-0.4, -0.2) is 43.0 Å². The van der Waals surface area contributed by atoms with Crippen LogP contribution in [0.2, 0.25) is 0 Å². The molecule has 0 aromatic heterocycles. The highest BCUT2D eigenvalue weighted by Crippen LogP contribution is 2.20. The van der Waals surface area contributed by atoms with E-state index in [0.717, 1.165) is 36.2 Å². The Morgan fingerprint density at radius 3 is 2.65 bits per heavy atom. The van der Waals surface area contributed by atoms with Gasteiger partial charge in [-0.05, 0) is 51.3 Å². The van der Waals surface area contributed by atoms with Crippen LogP contribution in [0.25, 0.3) is 0 Å². The van der Waals surface area contributed by atoms with Crippen LogP contribution in [0.5, 0.6) is 0 Å². The van der Waals surface area contributed by atoms with Gasteiger partial charge < -0.3 is 10.1 Å². The van der Waals surface area contributed by atoms with E-state index in [1.807, 2.05) is 43.9 Å². The number of anilines is 1. The smallest absolute Gasteiger partial charge is 0.310 e. The van der Waals surface area contributed by atoms with E-state index in [1.165, 1.54) is 0 Å². The monoisotopic (exact) mass is 318 g/mol. The molecule has 1 aliphatic rings. The first-order valence-electron chi connectivity index (χ1n) is 8.26. The molecule has 1 saturated heterocycles. The Labute approximate surface area is 138 Å². The number of ether oxygens (including phenoxy) is 1. The van der Waals surface area contributed by atoms with Gasteiger partial charge in [0.1, 0.15) is 0 Å². The molecule has 1 amide bonds. The Kier molecular flexibility index (Phi) is 6.16. The summed E-state index contributed by atoms with van der Waals surface area (Å²) in [5.41, 5.74) is 3.00. The summed E-state index contributed by atoms with van der Waals surface area (Å²) in [5.74, 6) is -0.295. The van der Waals surface area contributed by atoms with Crippen LogP contribution in [0.4, 0.5) is 5.69 Å². The minimum atomic E-state index is -0.146. The number of nitrogens with one attached hydrogen (secondary N) is 1. The number of aryl methyl sites for hydroxylation is 2. The number of para-hydroxylation sites is 1. The Morgan fingerprint density at radius 1 is 1.30 bits per heavy atom. The van der Waals surface area contributed by atoms with Gasteiger partial charge >= 0.3 is 5.97 Å². The lowest BCUT2D eigenvalue weighted by Crippen LogP contribution is -2.43. The fraction of sp³-hybridized carbons (Fsp3) is 0.556. The van der Waals surface area contributed by atoms with Gasteiger partial charge in [0.25, 0.3) is 0 Å². The third kappa shape index (κ3) is 4.79. The molecule has 1 fully saturated rings. The predicted molar refractivity (Wildman–Crippen MR) is 90.3 cm³/mol. The second-order valence-electron chi connectivity index (χ2n) is 6.14. The van der Waals surface area contributed by atoms with E-state index in [-0.39, 0.29) is 17.8 Å². The van der Waals surface area contributed by atoms with E-state index in [0.29, 0.717) is 19.7 Å². The fourth-order valence-corrected chi connectivity index (χ4v) is 3.05. The number of rotatable bonds is 5. The molecule has 0 bridgehead atoms. The minimum Gasteiger partial charge on any atom is -0.466 e. The van der Waals surface area contributed by atoms with E-state index in [9.17, 15) is 9.59 Å². The molecule has 0 saturated carbocycles. The van der Waals surface area contributed by atoms with E-state index in [2.05, 4.69) is 5.32 Å². The number of carbonyl (C=O) groups excluding carboxylic acids is 2. The van der Waals surface area contributed by atoms with Crippen molar-refractivity contribution in [2.24, 2.45) is 5.92 Å². The van der Waals surface area contributed by atoms with Crippen LogP contribution in [-0.2, 0) is 14.3 Å². The van der Waals surface area contributed by atoms with Gasteiger partial charge in [0, 0.05) is 12.2 Å². The number of hydrogen-bond donors (Lipinski definition) is 1. The van der Waals surface area contributed by atoms with E-state index in [1.54, 1.807) is 0 Å². The van der Waals surface area contributed by atoms with Crippen LogP contribution in [0.3, 0.4) is 0 Å². The standard InChI is InChI=1S/C18H26N2O3/c1-4-23-18(22)15-9-6-10-20(11-15)12-16(21)19-17-13(2)7-5-8-14(17)3/h5,7-8,15H,4,6,9-12H2,1-3H3,(H,19,21)/t15-/m1/s1. The average Bonchev–Trinajstić information content (AvgIpc) is 2.51. The van der Waals surface area contributed by atoms with Crippen LogP contribution in [0, 0.1) is 19.8 Å². The Bertz CT molecular complexity index is 551. The normalized spacial score (nSPS) is 18.5. The Morgan fingerprint density at radius 2 is 2.00 bits per heavy atom. The van der Waals surface area contributed by atoms with Gasteiger partial charge in [0.15, 0.2) is 0 Å². The van der Waals surface area contributed by atoms with Gasteiger partial charge in [-0.1, -0.05) is 18.2 Å². The van der Waals surface area contributed by atoms with Gasteiger partial charge in [-0.3, -0.25) is 14.5 Å². The number of esters is 1. The SMILES string of the molecule is CCOC(=O)[C@@H]1CCCN(CC(=O)Nc2c(C)cccc2C)C1. The molecule has 1 heterocycles. The van der Waals surface area contributed by atoms with Crippen molar-refractivity contribution in [2.45, 2.75) is 33.6 Å². The van der Waals surface area contributed by atoms with Crippen molar-refractivity contribution in [2.75, 3.05) is 31.6 Å². The molecule has 0 spiro atoms. The number of benzene rings is 1. The maximum absolute atomic E-state index is 12.3. The summed E-state index contributed by atoms with van der Waals surface area (Å²) in [4.78, 5) is 26.2. The van der Waals surface area contributed by atoms with Crippen molar-refractivity contribution in [3.63, 3.8) is 0 Å². The quantitative estimate of drug-likeness (QED) is 0.848. The number of hydrogen-bond acceptors (Lipinski definition) is 4. The van der Waals surface area contributed by atoms with Crippen LogP contribution >= 0.6 is 0 Å². The van der Waals surface area contributed by atoms with Crippen molar-refractivity contribution in [3.8, 4) is 0 Å². The molecule has 126 valence electrons. The largest absolute Gasteiger partial charge is 0.466 e. The molecule has 1 atom stereocenters. The molecular formula is C18H26N2O3. The van der Waals surface area contributed by atoms with E-state index in [4.69, 9.17) is 4.74 Å². The molecule has 1 aromatic rings.